The molecule has 47 heavy (non-hydrogen) atoms. The number of halogens is 2. The summed E-state index contributed by atoms with van der Waals surface area (Å²) in [7, 11) is -4.55. The van der Waals surface area contributed by atoms with Gasteiger partial charge in [-0.15, -0.1) is 0 Å². The molecule has 6 atom stereocenters. The zero-order valence-corrected chi connectivity index (χ0v) is 27.3. The molecule has 5 N–H and O–H groups in total. The maximum atomic E-state index is 15.2. The van der Waals surface area contributed by atoms with E-state index >= 15 is 8.78 Å². The van der Waals surface area contributed by atoms with E-state index < -0.39 is 86.0 Å². The number of benzene rings is 1. The van der Waals surface area contributed by atoms with Crippen molar-refractivity contribution >= 4 is 31.5 Å². The van der Waals surface area contributed by atoms with Crippen LogP contribution < -0.4 is 25.9 Å². The summed E-state index contributed by atoms with van der Waals surface area (Å²) in [6.07, 6.45) is -6.87. The Morgan fingerprint density at radius 2 is 1.79 bits per heavy atom. The Bertz CT molecular complexity index is 1540. The van der Waals surface area contributed by atoms with Crippen LogP contribution in [0.25, 0.3) is 0 Å². The number of aliphatic hydroxyl groups excluding tert-OH is 1. The first kappa shape index (κ1) is 37.5. The van der Waals surface area contributed by atoms with E-state index in [4.69, 9.17) is 18.5 Å². The lowest BCUT2D eigenvalue weighted by molar-refractivity contribution is -0.141. The third kappa shape index (κ3) is 10.0. The third-order valence-electron chi connectivity index (χ3n) is 6.43. The van der Waals surface area contributed by atoms with Gasteiger partial charge in [0.15, 0.2) is 6.10 Å². The van der Waals surface area contributed by atoms with Crippen molar-refractivity contribution in [3.63, 3.8) is 0 Å². The van der Waals surface area contributed by atoms with Gasteiger partial charge >= 0.3 is 31.4 Å². The number of ether oxygens (including phenoxy) is 2. The second-order valence-corrected chi connectivity index (χ2v) is 13.6. The minimum absolute atomic E-state index is 0.00200. The van der Waals surface area contributed by atoms with Crippen LogP contribution in [0.1, 0.15) is 47.8 Å². The van der Waals surface area contributed by atoms with Gasteiger partial charge in [0.05, 0.1) is 6.61 Å². The number of alkyl halides is 2. The Balaban J connectivity index is 1.75. The second-order valence-electron chi connectivity index (χ2n) is 11.9. The molecule has 1 aliphatic heterocycles. The molecular weight excluding hydrogens is 651 g/mol. The predicted molar refractivity (Wildman–Crippen MR) is 161 cm³/mol. The number of carboxylic acid groups (broad SMARTS) is 1. The van der Waals surface area contributed by atoms with Gasteiger partial charge in [-0.1, -0.05) is 32.0 Å². The maximum Gasteiger partial charge on any atom is 0.459 e. The number of carbonyl (C=O) groups excluding carboxylic acids is 2. The van der Waals surface area contributed by atoms with E-state index in [2.05, 4.69) is 20.7 Å². The lowest BCUT2D eigenvalue weighted by Gasteiger charge is -2.25. The van der Waals surface area contributed by atoms with Gasteiger partial charge in [-0.3, -0.25) is 18.7 Å². The van der Waals surface area contributed by atoms with Gasteiger partial charge in [-0.25, -0.2) is 14.2 Å². The third-order valence-corrected chi connectivity index (χ3v) is 8.08. The molecule has 1 aliphatic rings. The smallest absolute Gasteiger partial charge is 0.459 e. The fraction of sp³-hybridized carbons (Fsp3) is 0.536. The van der Waals surface area contributed by atoms with Crippen LogP contribution >= 0.6 is 7.75 Å². The number of anilines is 1. The lowest BCUT2D eigenvalue weighted by atomic mass is 10.0. The first-order valence-electron chi connectivity index (χ1n) is 14.3. The molecule has 0 radical (unpaired) electrons. The molecule has 0 saturated carbocycles. The molecule has 2 amide bonds. The SMILES string of the molecule is CC(C)[C@@H](NC(=O)OC(C)(C)C)C(=O)Nc1ccn([C@@H]2O[C@H](COP(=O)(N[C@@H](C)C(=O)O)Oc3ccccc3)[C@@H](O)C2(F)F)c(=O)n1. The van der Waals surface area contributed by atoms with E-state index in [1.54, 1.807) is 40.7 Å². The van der Waals surface area contributed by atoms with Crippen LogP contribution in [0.3, 0.4) is 0 Å². The fourth-order valence-corrected chi connectivity index (χ4v) is 5.62. The fourth-order valence-electron chi connectivity index (χ4n) is 4.11. The molecule has 2 aromatic rings. The number of para-hydroxylation sites is 1. The molecule has 3 rings (SSSR count). The number of hydrogen-bond donors (Lipinski definition) is 5. The summed E-state index contributed by atoms with van der Waals surface area (Å²) in [4.78, 5) is 52.8. The Kier molecular flexibility index (Phi) is 11.9. The normalized spacial score (nSPS) is 21.7. The van der Waals surface area contributed by atoms with Crippen molar-refractivity contribution in [3.8, 4) is 5.75 Å². The van der Waals surface area contributed by atoms with Gasteiger partial charge in [0.2, 0.25) is 12.1 Å². The van der Waals surface area contributed by atoms with Gasteiger partial charge in [0.1, 0.15) is 35.4 Å². The van der Waals surface area contributed by atoms with Gasteiger partial charge < -0.3 is 34.8 Å². The molecule has 1 aromatic carbocycles. The molecule has 1 saturated heterocycles. The number of hydrogen-bond acceptors (Lipinski definition) is 11. The Hall–Kier alpha value is -3.96. The predicted octanol–water partition coefficient (Wildman–Crippen LogP) is 2.89. The number of alkyl carbamates (subject to hydrolysis) is 1. The number of rotatable bonds is 13. The van der Waals surface area contributed by atoms with Crippen molar-refractivity contribution in [2.45, 2.75) is 83.6 Å². The highest BCUT2D eigenvalue weighted by atomic mass is 31.2. The summed E-state index contributed by atoms with van der Waals surface area (Å²) in [5.74, 6) is -7.03. The number of aliphatic carboxylic acids is 1. The molecule has 260 valence electrons. The van der Waals surface area contributed by atoms with Gasteiger partial charge in [0, 0.05) is 6.20 Å². The lowest BCUT2D eigenvalue weighted by Crippen LogP contribution is -2.48. The van der Waals surface area contributed by atoms with Crippen molar-refractivity contribution in [1.82, 2.24) is 20.0 Å². The van der Waals surface area contributed by atoms with Crippen molar-refractivity contribution in [2.75, 3.05) is 11.9 Å². The van der Waals surface area contributed by atoms with Crippen LogP contribution in [0.4, 0.5) is 19.4 Å². The summed E-state index contributed by atoms with van der Waals surface area (Å²) in [6.45, 7) is 8.38. The minimum atomic E-state index is -4.55. The molecular formula is C28H38F2N5O11P. The number of nitrogens with zero attached hydrogens (tertiary/aromatic N) is 2. The summed E-state index contributed by atoms with van der Waals surface area (Å²) >= 11 is 0. The van der Waals surface area contributed by atoms with Crippen LogP contribution in [-0.2, 0) is 28.2 Å². The zero-order chi connectivity index (χ0) is 35.3. The monoisotopic (exact) mass is 689 g/mol. The molecule has 0 spiro atoms. The largest absolute Gasteiger partial charge is 0.480 e. The highest BCUT2D eigenvalue weighted by Crippen LogP contribution is 2.48. The highest BCUT2D eigenvalue weighted by Gasteiger charge is 2.60. The summed E-state index contributed by atoms with van der Waals surface area (Å²) in [6, 6.07) is 5.92. The van der Waals surface area contributed by atoms with Crippen LogP contribution in [0.5, 0.6) is 5.75 Å². The first-order chi connectivity index (χ1) is 21.7. The molecule has 1 aromatic heterocycles. The summed E-state index contributed by atoms with van der Waals surface area (Å²) in [5, 5.41) is 26.6. The van der Waals surface area contributed by atoms with Gasteiger partial charge in [-0.2, -0.15) is 18.9 Å². The maximum absolute atomic E-state index is 15.2. The highest BCUT2D eigenvalue weighted by molar-refractivity contribution is 7.52. The summed E-state index contributed by atoms with van der Waals surface area (Å²) < 4.78 is 65.2. The van der Waals surface area contributed by atoms with E-state index in [9.17, 15) is 34.0 Å². The van der Waals surface area contributed by atoms with Crippen LogP contribution in [0.15, 0.2) is 47.4 Å². The molecule has 0 bridgehead atoms. The van der Waals surface area contributed by atoms with E-state index in [0.29, 0.717) is 4.57 Å². The number of nitrogens with one attached hydrogen (secondary N) is 3. The van der Waals surface area contributed by atoms with Gasteiger partial charge in [-0.05, 0) is 51.8 Å². The van der Waals surface area contributed by atoms with E-state index in [-0.39, 0.29) is 11.6 Å². The minimum Gasteiger partial charge on any atom is -0.480 e. The number of carbonyl (C=O) groups is 3. The van der Waals surface area contributed by atoms with Crippen molar-refractivity contribution in [2.24, 2.45) is 5.92 Å². The molecule has 0 aliphatic carbocycles. The first-order valence-corrected chi connectivity index (χ1v) is 15.9. The topological polar surface area (TPSA) is 217 Å². The van der Waals surface area contributed by atoms with Crippen molar-refractivity contribution < 1.29 is 56.5 Å². The molecule has 1 fully saturated rings. The van der Waals surface area contributed by atoms with Crippen LogP contribution in [-0.4, -0.2) is 80.2 Å². The van der Waals surface area contributed by atoms with Crippen molar-refractivity contribution in [3.05, 3.63) is 53.1 Å². The summed E-state index contributed by atoms with van der Waals surface area (Å²) in [5.41, 5.74) is -2.12. The zero-order valence-electron chi connectivity index (χ0n) is 26.4. The van der Waals surface area contributed by atoms with Crippen LogP contribution in [0.2, 0.25) is 0 Å². The Morgan fingerprint density at radius 1 is 1.15 bits per heavy atom. The number of amides is 2. The van der Waals surface area contributed by atoms with E-state index in [1.807, 2.05) is 0 Å². The molecule has 16 nitrogen and oxygen atoms in total. The average Bonchev–Trinajstić information content (AvgIpc) is 3.17. The van der Waals surface area contributed by atoms with E-state index in [0.717, 1.165) is 19.2 Å². The second kappa shape index (κ2) is 14.9. The van der Waals surface area contributed by atoms with E-state index in [1.165, 1.54) is 24.3 Å². The van der Waals surface area contributed by atoms with Gasteiger partial charge in [0.25, 0.3) is 0 Å². The Morgan fingerprint density at radius 3 is 2.34 bits per heavy atom. The number of carboxylic acids is 1. The molecule has 1 unspecified atom stereocenters. The average molecular weight is 690 g/mol. The molecule has 2 heterocycles. The standard InChI is InChI=1S/C28H38F2N5O11P/c1-15(2)20(33-26(41)45-27(4,5)6)22(37)31-19-12-13-35(25(40)32-19)24-28(29,30)21(36)18(44-24)14-43-47(42,34-16(3)23(38)39)46-17-10-8-7-9-11-17/h7-13,15-16,18,20-21,24,36H,14H2,1-6H3,(H,33,41)(H,34,42)(H,38,39)(H,31,32,37,40)/t16-,18+,20+,21+,24+,47?/m0/s1. The quantitative estimate of drug-likeness (QED) is 0.192. The Labute approximate surface area is 268 Å². The van der Waals surface area contributed by atoms with Crippen molar-refractivity contribution in [1.29, 1.82) is 0 Å². The molecule has 19 heteroatoms. The number of aliphatic hydroxyl groups is 1. The van der Waals surface area contributed by atoms with Crippen LogP contribution in [0, 0.1) is 5.92 Å². The number of aromatic nitrogens is 2.